The lowest BCUT2D eigenvalue weighted by atomic mass is 9.74. The van der Waals surface area contributed by atoms with Crippen molar-refractivity contribution in [2.75, 3.05) is 12.4 Å². The number of benzene rings is 3. The number of nitrogens with zero attached hydrogens (tertiary/aromatic N) is 1. The van der Waals surface area contributed by atoms with Gasteiger partial charge in [0.2, 0.25) is 17.7 Å². The summed E-state index contributed by atoms with van der Waals surface area (Å²) in [5.41, 5.74) is 0.212. The number of amides is 3. The van der Waals surface area contributed by atoms with E-state index >= 15 is 0 Å². The van der Waals surface area contributed by atoms with Gasteiger partial charge in [0.05, 0.1) is 25.0 Å². The predicted molar refractivity (Wildman–Crippen MR) is 168 cm³/mol. The van der Waals surface area contributed by atoms with Crippen LogP contribution in [-0.2, 0) is 25.7 Å². The molecule has 3 heterocycles. The molecule has 1 spiro atoms. The zero-order valence-corrected chi connectivity index (χ0v) is 25.2. The predicted octanol–water partition coefficient (Wildman–Crippen LogP) is 5.23. The highest BCUT2D eigenvalue weighted by Gasteiger charge is 2.72. The van der Waals surface area contributed by atoms with Crippen molar-refractivity contribution < 1.29 is 28.6 Å². The maximum absolute atomic E-state index is 14.3. The second-order valence-corrected chi connectivity index (χ2v) is 12.3. The molecule has 9 nitrogen and oxygen atoms in total. The van der Waals surface area contributed by atoms with E-state index in [1.165, 1.54) is 0 Å². The number of rotatable bonds is 9. The van der Waals surface area contributed by atoms with Gasteiger partial charge in [0, 0.05) is 18.3 Å². The number of hydrogen-bond acceptors (Lipinski definition) is 6. The van der Waals surface area contributed by atoms with Crippen LogP contribution in [0.15, 0.2) is 91.0 Å². The summed E-state index contributed by atoms with van der Waals surface area (Å²) in [6, 6.07) is 23.2. The summed E-state index contributed by atoms with van der Waals surface area (Å²) in [7, 11) is 1.60. The summed E-state index contributed by atoms with van der Waals surface area (Å²) < 4.78 is 17.7. The topological polar surface area (TPSA) is 106 Å². The first-order valence-corrected chi connectivity index (χ1v) is 15.7. The van der Waals surface area contributed by atoms with Gasteiger partial charge in [-0.3, -0.25) is 14.4 Å². The van der Waals surface area contributed by atoms with Gasteiger partial charge in [-0.1, -0.05) is 61.7 Å². The second-order valence-electron chi connectivity index (χ2n) is 12.3. The smallest absolute Gasteiger partial charge is 0.246 e. The van der Waals surface area contributed by atoms with E-state index in [1.54, 1.807) is 36.3 Å². The third-order valence-corrected chi connectivity index (χ3v) is 9.49. The average molecular weight is 608 g/mol. The lowest BCUT2D eigenvalue weighted by Gasteiger charge is -2.34. The molecule has 3 amide bonds. The summed E-state index contributed by atoms with van der Waals surface area (Å²) in [4.78, 5) is 43.8. The molecule has 7 rings (SSSR count). The number of para-hydroxylation sites is 1. The third-order valence-electron chi connectivity index (χ3n) is 9.49. The molecular formula is C36H37N3O6. The minimum atomic E-state index is -1.22. The molecule has 232 valence electrons. The van der Waals surface area contributed by atoms with Crippen LogP contribution in [0.1, 0.15) is 37.7 Å². The molecule has 3 aromatic rings. The van der Waals surface area contributed by atoms with Crippen molar-refractivity contribution in [3.05, 3.63) is 96.6 Å². The van der Waals surface area contributed by atoms with Gasteiger partial charge in [0.25, 0.3) is 0 Å². The Morgan fingerprint density at radius 1 is 0.889 bits per heavy atom. The first-order valence-electron chi connectivity index (χ1n) is 15.7. The van der Waals surface area contributed by atoms with E-state index in [2.05, 4.69) is 10.6 Å². The third kappa shape index (κ3) is 5.46. The Hall–Kier alpha value is -4.63. The van der Waals surface area contributed by atoms with Crippen molar-refractivity contribution in [1.29, 1.82) is 0 Å². The van der Waals surface area contributed by atoms with E-state index in [1.807, 2.05) is 66.7 Å². The maximum Gasteiger partial charge on any atom is 0.246 e. The molecule has 4 aliphatic rings. The molecule has 3 aliphatic heterocycles. The van der Waals surface area contributed by atoms with Gasteiger partial charge in [-0.15, -0.1) is 0 Å². The highest BCUT2D eigenvalue weighted by atomic mass is 16.5. The van der Waals surface area contributed by atoms with Crippen LogP contribution in [0.3, 0.4) is 0 Å². The molecule has 5 atom stereocenters. The van der Waals surface area contributed by atoms with Crippen LogP contribution < -0.4 is 20.1 Å². The summed E-state index contributed by atoms with van der Waals surface area (Å²) >= 11 is 0. The van der Waals surface area contributed by atoms with Crippen molar-refractivity contribution in [1.82, 2.24) is 10.2 Å². The number of methoxy groups -OCH3 is 1. The highest BCUT2D eigenvalue weighted by Crippen LogP contribution is 2.55. The Balaban J connectivity index is 1.13. The molecule has 2 saturated heterocycles. The van der Waals surface area contributed by atoms with Gasteiger partial charge in [-0.05, 0) is 66.9 Å². The number of carbonyl (C=O) groups excluding carboxylic acids is 3. The van der Waals surface area contributed by atoms with E-state index in [0.717, 1.165) is 37.7 Å². The summed E-state index contributed by atoms with van der Waals surface area (Å²) in [6.45, 7) is 0.211. The molecule has 2 bridgehead atoms. The first kappa shape index (κ1) is 29.1. The molecule has 9 heteroatoms. The Morgan fingerprint density at radius 2 is 1.58 bits per heavy atom. The van der Waals surface area contributed by atoms with Crippen LogP contribution in [0.25, 0.3) is 0 Å². The number of nitrogens with one attached hydrogen (secondary N) is 2. The number of hydrogen-bond donors (Lipinski definition) is 2. The van der Waals surface area contributed by atoms with Crippen LogP contribution in [-0.4, -0.2) is 53.5 Å². The molecule has 1 saturated carbocycles. The Morgan fingerprint density at radius 3 is 2.29 bits per heavy atom. The van der Waals surface area contributed by atoms with Crippen molar-refractivity contribution in [3.8, 4) is 17.2 Å². The number of ether oxygens (including phenoxy) is 3. The minimum Gasteiger partial charge on any atom is -0.497 e. The maximum atomic E-state index is 14.3. The largest absolute Gasteiger partial charge is 0.497 e. The fourth-order valence-electron chi connectivity index (χ4n) is 7.35. The first-order chi connectivity index (χ1) is 21.9. The number of likely N-dealkylation sites (tertiary alicyclic amines) is 1. The summed E-state index contributed by atoms with van der Waals surface area (Å²) in [5, 5.41) is 6.22. The molecule has 0 radical (unpaired) electrons. The zero-order valence-electron chi connectivity index (χ0n) is 25.2. The fraction of sp³-hybridized carbons (Fsp3) is 0.361. The van der Waals surface area contributed by atoms with E-state index < -0.39 is 29.6 Å². The van der Waals surface area contributed by atoms with Gasteiger partial charge in [-0.25, -0.2) is 0 Å². The van der Waals surface area contributed by atoms with E-state index in [4.69, 9.17) is 14.2 Å². The van der Waals surface area contributed by atoms with Crippen molar-refractivity contribution in [3.63, 3.8) is 0 Å². The molecule has 1 aliphatic carbocycles. The quantitative estimate of drug-likeness (QED) is 0.323. The summed E-state index contributed by atoms with van der Waals surface area (Å²) in [5.74, 6) is -0.362. The van der Waals surface area contributed by atoms with Gasteiger partial charge < -0.3 is 29.7 Å². The van der Waals surface area contributed by atoms with E-state index in [0.29, 0.717) is 22.9 Å². The number of carbonyl (C=O) groups is 3. The van der Waals surface area contributed by atoms with Crippen LogP contribution in [0, 0.1) is 11.8 Å². The standard InChI is InChI=1S/C36H37N3O6/c1-43-26-16-12-23(13-17-26)22-39-32(34(41)38-24-8-4-2-5-9-24)36-21-20-29(45-36)30(31(36)35(39)42)33(40)37-25-14-18-28(19-15-25)44-27-10-6-3-7-11-27/h3,6-7,10-21,24,29-32H,2,4-5,8-9,22H2,1H3,(H,37,40)(H,38,41)/t29-,30-,31-,32+,36+/m1/s1. The Bertz CT molecular complexity index is 1590. The van der Waals surface area contributed by atoms with Gasteiger partial charge in [-0.2, -0.15) is 0 Å². The SMILES string of the molecule is COc1ccc(CN2C(=O)[C@H]3[C@H](C(=O)Nc4ccc(Oc5ccccc5)cc4)[C@H]4C=C[C@@]3(O4)[C@@H]2C(=O)NC2CCCCC2)cc1. The normalized spacial score (nSPS) is 26.9. The molecule has 0 unspecified atom stereocenters. The lowest BCUT2D eigenvalue weighted by molar-refractivity contribution is -0.142. The van der Waals surface area contributed by atoms with Gasteiger partial charge in [0.1, 0.15) is 28.9 Å². The highest BCUT2D eigenvalue weighted by molar-refractivity contribution is 6.02. The zero-order chi connectivity index (χ0) is 31.0. The molecular weight excluding hydrogens is 570 g/mol. The van der Waals surface area contributed by atoms with Crippen LogP contribution >= 0.6 is 0 Å². The van der Waals surface area contributed by atoms with Crippen molar-refractivity contribution >= 4 is 23.4 Å². The Kier molecular flexibility index (Phi) is 7.79. The van der Waals surface area contributed by atoms with Crippen LogP contribution in [0.5, 0.6) is 17.2 Å². The molecule has 3 aromatic carbocycles. The monoisotopic (exact) mass is 607 g/mol. The fourth-order valence-corrected chi connectivity index (χ4v) is 7.35. The van der Waals surface area contributed by atoms with Crippen LogP contribution in [0.4, 0.5) is 5.69 Å². The van der Waals surface area contributed by atoms with Crippen molar-refractivity contribution in [2.24, 2.45) is 11.8 Å². The van der Waals surface area contributed by atoms with Crippen molar-refractivity contribution in [2.45, 2.75) is 62.4 Å². The van der Waals surface area contributed by atoms with E-state index in [9.17, 15) is 14.4 Å². The molecule has 3 fully saturated rings. The van der Waals surface area contributed by atoms with Gasteiger partial charge in [0.15, 0.2) is 0 Å². The molecule has 2 N–H and O–H groups in total. The summed E-state index contributed by atoms with van der Waals surface area (Å²) in [6.07, 6.45) is 8.21. The molecule has 45 heavy (non-hydrogen) atoms. The average Bonchev–Trinajstić information content (AvgIpc) is 3.71. The lowest BCUT2D eigenvalue weighted by Crippen LogP contribution is -2.56. The number of fused-ring (bicyclic) bond motifs is 1. The van der Waals surface area contributed by atoms with E-state index in [-0.39, 0.29) is 30.3 Å². The molecule has 0 aromatic heterocycles. The Labute approximate surface area is 262 Å². The second kappa shape index (κ2) is 12.0. The minimum absolute atomic E-state index is 0.0650. The number of anilines is 1. The van der Waals surface area contributed by atoms with Crippen LogP contribution in [0.2, 0.25) is 0 Å². The van der Waals surface area contributed by atoms with Gasteiger partial charge >= 0.3 is 0 Å².